The van der Waals surface area contributed by atoms with Crippen LogP contribution >= 0.6 is 34.7 Å². The van der Waals surface area contributed by atoms with Gasteiger partial charge in [-0.25, -0.2) is 0 Å². The minimum absolute atomic E-state index is 0.0284. The molecule has 0 unspecified atom stereocenters. The highest BCUT2D eigenvalue weighted by Crippen LogP contribution is 2.37. The number of nitrogens with zero attached hydrogens (tertiary/aromatic N) is 3. The maximum Gasteiger partial charge on any atom is 0.416 e. The Morgan fingerprint density at radius 1 is 1.30 bits per heavy atom. The predicted molar refractivity (Wildman–Crippen MR) is 126 cm³/mol. The van der Waals surface area contributed by atoms with Crippen LogP contribution in [0.15, 0.2) is 41.4 Å². The molecule has 1 N–H and O–H groups in total. The number of anilines is 1. The Morgan fingerprint density at radius 3 is 2.85 bits per heavy atom. The van der Waals surface area contributed by atoms with E-state index >= 15 is 0 Å². The van der Waals surface area contributed by atoms with E-state index in [0.29, 0.717) is 11.7 Å². The lowest BCUT2D eigenvalue weighted by atomic mass is 9.95. The first kappa shape index (κ1) is 23.8. The van der Waals surface area contributed by atoms with Crippen LogP contribution in [-0.4, -0.2) is 26.4 Å². The van der Waals surface area contributed by atoms with E-state index in [1.165, 1.54) is 16.9 Å². The molecule has 174 valence electrons. The van der Waals surface area contributed by atoms with E-state index in [-0.39, 0.29) is 16.5 Å². The number of thioether (sulfide) groups is 1. The Bertz CT molecular complexity index is 1190. The number of carbonyl (C=O) groups is 1. The molecule has 1 aromatic carbocycles. The fraction of sp³-hybridized carbons (Fsp3) is 0.318. The first-order valence-electron chi connectivity index (χ1n) is 10.2. The average Bonchev–Trinajstić information content (AvgIpc) is 3.37. The molecule has 4 rings (SSSR count). The van der Waals surface area contributed by atoms with Crippen molar-refractivity contribution in [3.63, 3.8) is 0 Å². The predicted octanol–water partition coefficient (Wildman–Crippen LogP) is 6.47. The van der Waals surface area contributed by atoms with Crippen LogP contribution in [0.5, 0.6) is 0 Å². The largest absolute Gasteiger partial charge is 0.416 e. The summed E-state index contributed by atoms with van der Waals surface area (Å²) in [6.07, 6.45) is 1.63. The summed E-state index contributed by atoms with van der Waals surface area (Å²) in [5.74, 6) is 0.172. The number of fused-ring (bicyclic) bond motifs is 1. The van der Waals surface area contributed by atoms with Gasteiger partial charge in [-0.2, -0.15) is 13.2 Å². The summed E-state index contributed by atoms with van der Waals surface area (Å²) < 4.78 is 40.8. The van der Waals surface area contributed by atoms with Gasteiger partial charge in [0, 0.05) is 22.4 Å². The molecule has 2 heterocycles. The van der Waals surface area contributed by atoms with E-state index in [0.717, 1.165) is 60.6 Å². The third-order valence-corrected chi connectivity index (χ3v) is 7.62. The fourth-order valence-electron chi connectivity index (χ4n) is 3.68. The second-order valence-corrected chi connectivity index (χ2v) is 9.81. The molecular weight excluding hydrogens is 493 g/mol. The smallest absolute Gasteiger partial charge is 0.324 e. The second-order valence-electron chi connectivity index (χ2n) is 7.49. The quantitative estimate of drug-likeness (QED) is 0.291. The molecule has 0 saturated heterocycles. The van der Waals surface area contributed by atoms with Crippen molar-refractivity contribution in [1.29, 1.82) is 0 Å². The number of amides is 1. The molecule has 0 radical (unpaired) electrons. The Kier molecular flexibility index (Phi) is 7.16. The molecule has 1 amide bonds. The number of rotatable bonds is 7. The van der Waals surface area contributed by atoms with Gasteiger partial charge in [-0.15, -0.1) is 28.1 Å². The Hall–Kier alpha value is -2.30. The molecule has 0 atom stereocenters. The van der Waals surface area contributed by atoms with Crippen LogP contribution in [0.1, 0.15) is 28.8 Å². The van der Waals surface area contributed by atoms with Gasteiger partial charge in [-0.3, -0.25) is 9.36 Å². The van der Waals surface area contributed by atoms with E-state index in [2.05, 4.69) is 27.5 Å². The minimum Gasteiger partial charge on any atom is -0.324 e. The zero-order valence-electron chi connectivity index (χ0n) is 17.4. The lowest BCUT2D eigenvalue weighted by Crippen LogP contribution is -2.16. The number of hydrogen-bond acceptors (Lipinski definition) is 5. The molecule has 1 aliphatic rings. The van der Waals surface area contributed by atoms with Crippen molar-refractivity contribution >= 4 is 46.3 Å². The molecule has 33 heavy (non-hydrogen) atoms. The SMILES string of the molecule is C=CCn1c(SCC(=O)Nc2cc(C(F)(F)F)ccc2Cl)nnc1-c1csc2c1CCCC2. The number of hydrogen-bond donors (Lipinski definition) is 1. The van der Waals surface area contributed by atoms with Gasteiger partial charge >= 0.3 is 6.18 Å². The van der Waals surface area contributed by atoms with Gasteiger partial charge in [0.2, 0.25) is 5.91 Å². The number of nitrogens with one attached hydrogen (secondary N) is 1. The molecule has 3 aromatic rings. The Morgan fingerprint density at radius 2 is 2.09 bits per heavy atom. The molecule has 2 aromatic heterocycles. The third kappa shape index (κ3) is 5.28. The monoisotopic (exact) mass is 512 g/mol. The highest BCUT2D eigenvalue weighted by Gasteiger charge is 2.31. The van der Waals surface area contributed by atoms with Crippen molar-refractivity contribution in [3.8, 4) is 11.4 Å². The molecule has 5 nitrogen and oxygen atoms in total. The zero-order valence-corrected chi connectivity index (χ0v) is 19.8. The number of carbonyl (C=O) groups excluding carboxylic acids is 1. The van der Waals surface area contributed by atoms with Gasteiger partial charge < -0.3 is 5.32 Å². The summed E-state index contributed by atoms with van der Waals surface area (Å²) in [6.45, 7) is 4.28. The van der Waals surface area contributed by atoms with Crippen LogP contribution in [0.4, 0.5) is 18.9 Å². The molecule has 0 spiro atoms. The summed E-state index contributed by atoms with van der Waals surface area (Å²) >= 11 is 8.86. The van der Waals surface area contributed by atoms with E-state index in [9.17, 15) is 18.0 Å². The summed E-state index contributed by atoms with van der Waals surface area (Å²) in [5.41, 5.74) is 1.41. The number of aromatic nitrogens is 3. The van der Waals surface area contributed by atoms with E-state index in [4.69, 9.17) is 11.6 Å². The molecule has 0 aliphatic heterocycles. The van der Waals surface area contributed by atoms with Gasteiger partial charge in [0.15, 0.2) is 11.0 Å². The maximum atomic E-state index is 13.0. The second kappa shape index (κ2) is 9.90. The fourth-order valence-corrected chi connectivity index (χ4v) is 5.72. The number of aryl methyl sites for hydroxylation is 1. The van der Waals surface area contributed by atoms with Crippen molar-refractivity contribution in [2.75, 3.05) is 11.1 Å². The highest BCUT2D eigenvalue weighted by molar-refractivity contribution is 7.99. The van der Waals surface area contributed by atoms with Crippen molar-refractivity contribution in [2.24, 2.45) is 0 Å². The minimum atomic E-state index is -4.53. The van der Waals surface area contributed by atoms with Gasteiger partial charge in [-0.1, -0.05) is 29.4 Å². The van der Waals surface area contributed by atoms with Crippen LogP contribution in [0.2, 0.25) is 5.02 Å². The molecule has 0 fully saturated rings. The zero-order chi connectivity index (χ0) is 23.6. The molecule has 1 aliphatic carbocycles. The lowest BCUT2D eigenvalue weighted by Gasteiger charge is -2.13. The van der Waals surface area contributed by atoms with Crippen LogP contribution < -0.4 is 5.32 Å². The van der Waals surface area contributed by atoms with Crippen molar-refractivity contribution < 1.29 is 18.0 Å². The molecular formula is C22H20ClF3N4OS2. The topological polar surface area (TPSA) is 59.8 Å². The first-order valence-corrected chi connectivity index (χ1v) is 12.5. The molecule has 0 bridgehead atoms. The van der Waals surface area contributed by atoms with E-state index < -0.39 is 17.6 Å². The van der Waals surface area contributed by atoms with Crippen molar-refractivity contribution in [2.45, 2.75) is 43.6 Å². The lowest BCUT2D eigenvalue weighted by molar-refractivity contribution is -0.137. The molecule has 0 saturated carbocycles. The van der Waals surface area contributed by atoms with Crippen LogP contribution in [-0.2, 0) is 30.4 Å². The van der Waals surface area contributed by atoms with Crippen LogP contribution in [0.3, 0.4) is 0 Å². The summed E-state index contributed by atoms with van der Waals surface area (Å²) in [7, 11) is 0. The van der Waals surface area contributed by atoms with Gasteiger partial charge in [0.25, 0.3) is 0 Å². The third-order valence-electron chi connectivity index (χ3n) is 5.23. The number of allylic oxidation sites excluding steroid dienone is 1. The highest BCUT2D eigenvalue weighted by atomic mass is 35.5. The summed E-state index contributed by atoms with van der Waals surface area (Å²) in [5, 5.41) is 13.8. The van der Waals surface area contributed by atoms with E-state index in [1.54, 1.807) is 17.4 Å². The van der Waals surface area contributed by atoms with Gasteiger partial charge in [0.1, 0.15) is 0 Å². The number of benzene rings is 1. The average molecular weight is 513 g/mol. The first-order chi connectivity index (χ1) is 15.8. The maximum absolute atomic E-state index is 13.0. The number of thiophene rings is 1. The number of halogens is 4. The van der Waals surface area contributed by atoms with Crippen molar-refractivity contribution in [3.05, 3.63) is 57.3 Å². The molecule has 11 heteroatoms. The standard InChI is InChI=1S/C22H20ClF3N4OS2/c1-2-9-30-20(15-11-32-18-6-4-3-5-14(15)18)28-29-21(30)33-12-19(31)27-17-10-13(22(24,25)26)7-8-16(17)23/h2,7-8,10-11H,1,3-6,9,12H2,(H,27,31). The summed E-state index contributed by atoms with van der Waals surface area (Å²) in [6, 6.07) is 2.81. The van der Waals surface area contributed by atoms with E-state index in [1.807, 2.05) is 4.57 Å². The Labute approximate surface area is 202 Å². The van der Waals surface area contributed by atoms with Gasteiger partial charge in [-0.05, 0) is 49.4 Å². The van der Waals surface area contributed by atoms with Gasteiger partial charge in [0.05, 0.1) is 22.0 Å². The normalized spacial score (nSPS) is 13.6. The summed E-state index contributed by atoms with van der Waals surface area (Å²) in [4.78, 5) is 13.8. The number of alkyl halides is 3. The Balaban J connectivity index is 1.50. The van der Waals surface area contributed by atoms with Crippen LogP contribution in [0, 0.1) is 0 Å². The van der Waals surface area contributed by atoms with Crippen molar-refractivity contribution in [1.82, 2.24) is 14.8 Å². The van der Waals surface area contributed by atoms with Crippen LogP contribution in [0.25, 0.3) is 11.4 Å².